The average Bonchev–Trinajstić information content (AvgIpc) is 2.92. The predicted octanol–water partition coefficient (Wildman–Crippen LogP) is 2.76. The van der Waals surface area contributed by atoms with Gasteiger partial charge in [-0.25, -0.2) is 0 Å². The number of aromatic nitrogens is 4. The molecule has 0 unspecified atom stereocenters. The van der Waals surface area contributed by atoms with Crippen LogP contribution >= 0.6 is 0 Å². The molecule has 2 N–H and O–H groups in total. The Morgan fingerprint density at radius 2 is 2.09 bits per heavy atom. The molecule has 2 aromatic heterocycles. The Morgan fingerprint density at radius 3 is 2.68 bits per heavy atom. The molecule has 0 aromatic carbocycles. The summed E-state index contributed by atoms with van der Waals surface area (Å²) in [7, 11) is 0. The molecule has 1 amide bonds. The highest BCUT2D eigenvalue weighted by Gasteiger charge is 2.14. The van der Waals surface area contributed by atoms with Crippen molar-refractivity contribution in [2.24, 2.45) is 5.92 Å². The lowest BCUT2D eigenvalue weighted by Gasteiger charge is -2.08. The van der Waals surface area contributed by atoms with Crippen molar-refractivity contribution in [3.8, 4) is 0 Å². The van der Waals surface area contributed by atoms with Gasteiger partial charge in [0.2, 0.25) is 5.91 Å². The van der Waals surface area contributed by atoms with Crippen LogP contribution in [0.1, 0.15) is 42.9 Å². The van der Waals surface area contributed by atoms with Gasteiger partial charge < -0.3 is 5.32 Å². The van der Waals surface area contributed by atoms with E-state index in [2.05, 4.69) is 41.4 Å². The van der Waals surface area contributed by atoms with E-state index in [-0.39, 0.29) is 5.91 Å². The number of aromatic amines is 1. The lowest BCUT2D eigenvalue weighted by Crippen LogP contribution is -2.13. The molecule has 2 rings (SSSR count). The van der Waals surface area contributed by atoms with Crippen LogP contribution in [-0.4, -0.2) is 25.9 Å². The highest BCUT2D eigenvalue weighted by atomic mass is 16.1. The highest BCUT2D eigenvalue weighted by Crippen LogP contribution is 2.17. The molecule has 0 saturated carbocycles. The Balaban J connectivity index is 1.96. The summed E-state index contributed by atoms with van der Waals surface area (Å²) in [6.45, 7) is 11.2. The molecule has 0 aliphatic rings. The lowest BCUT2D eigenvalue weighted by molar-refractivity contribution is -0.116. The minimum Gasteiger partial charge on any atom is -0.309 e. The summed E-state index contributed by atoms with van der Waals surface area (Å²) >= 11 is 0. The van der Waals surface area contributed by atoms with Gasteiger partial charge in [-0.3, -0.25) is 14.6 Å². The molecule has 0 aliphatic carbocycles. The molecule has 0 atom stereocenters. The van der Waals surface area contributed by atoms with Crippen molar-refractivity contribution in [2.45, 2.75) is 54.0 Å². The summed E-state index contributed by atoms with van der Waals surface area (Å²) in [5, 5.41) is 14.2. The molecule has 120 valence electrons. The topological polar surface area (TPSA) is 75.6 Å². The lowest BCUT2D eigenvalue weighted by atomic mass is 10.1. The van der Waals surface area contributed by atoms with E-state index in [0.717, 1.165) is 23.6 Å². The summed E-state index contributed by atoms with van der Waals surface area (Å²) in [5.41, 5.74) is 4.28. The molecule has 2 aromatic rings. The monoisotopic (exact) mass is 303 g/mol. The van der Waals surface area contributed by atoms with E-state index >= 15 is 0 Å². The minimum absolute atomic E-state index is 0.0260. The summed E-state index contributed by atoms with van der Waals surface area (Å²) < 4.78 is 2.05. The summed E-state index contributed by atoms with van der Waals surface area (Å²) in [6, 6.07) is 1.81. The van der Waals surface area contributed by atoms with Crippen molar-refractivity contribution >= 4 is 11.7 Å². The van der Waals surface area contributed by atoms with Crippen molar-refractivity contribution in [3.05, 3.63) is 28.7 Å². The van der Waals surface area contributed by atoms with E-state index in [0.29, 0.717) is 24.6 Å². The molecule has 6 heteroatoms. The molecule has 0 radical (unpaired) electrons. The van der Waals surface area contributed by atoms with Crippen molar-refractivity contribution < 1.29 is 4.79 Å². The van der Waals surface area contributed by atoms with Crippen molar-refractivity contribution in [1.29, 1.82) is 0 Å². The molecule has 0 saturated heterocycles. The number of anilines is 1. The third kappa shape index (κ3) is 3.96. The standard InChI is InChI=1S/C16H25N5O/c1-10(2)9-21-13(5)14(12(4)20-21)6-7-16(22)17-15-8-11(3)18-19-15/h8,10H,6-7,9H2,1-5H3,(H2,17,18,19,22). The second-order valence-corrected chi connectivity index (χ2v) is 6.21. The zero-order chi connectivity index (χ0) is 16.3. The number of rotatable bonds is 6. The van der Waals surface area contributed by atoms with Gasteiger partial charge in [0, 0.05) is 30.4 Å². The van der Waals surface area contributed by atoms with Crippen LogP contribution in [0.15, 0.2) is 6.07 Å². The number of hydrogen-bond acceptors (Lipinski definition) is 3. The minimum atomic E-state index is -0.0260. The molecule has 2 heterocycles. The van der Waals surface area contributed by atoms with Gasteiger partial charge in [0.25, 0.3) is 0 Å². The summed E-state index contributed by atoms with van der Waals surface area (Å²) in [4.78, 5) is 12.0. The Kier molecular flexibility index (Phi) is 5.00. The molecule has 6 nitrogen and oxygen atoms in total. The average molecular weight is 303 g/mol. The van der Waals surface area contributed by atoms with Crippen LogP contribution in [0.4, 0.5) is 5.82 Å². The third-order valence-electron chi connectivity index (χ3n) is 3.64. The van der Waals surface area contributed by atoms with Crippen molar-refractivity contribution in [2.75, 3.05) is 5.32 Å². The first kappa shape index (κ1) is 16.3. The normalized spacial score (nSPS) is 11.2. The van der Waals surface area contributed by atoms with E-state index in [1.165, 1.54) is 5.56 Å². The number of carbonyl (C=O) groups excluding carboxylic acids is 1. The van der Waals surface area contributed by atoms with Gasteiger partial charge in [0.05, 0.1) is 5.69 Å². The molecular formula is C16H25N5O. The fourth-order valence-electron chi connectivity index (χ4n) is 2.55. The largest absolute Gasteiger partial charge is 0.309 e. The van der Waals surface area contributed by atoms with Crippen LogP contribution in [0.2, 0.25) is 0 Å². The molecule has 0 fully saturated rings. The molecule has 0 aliphatic heterocycles. The smallest absolute Gasteiger partial charge is 0.225 e. The Bertz CT molecular complexity index is 654. The molecule has 0 spiro atoms. The quantitative estimate of drug-likeness (QED) is 0.861. The zero-order valence-corrected chi connectivity index (χ0v) is 14.0. The number of aryl methyl sites for hydroxylation is 2. The third-order valence-corrected chi connectivity index (χ3v) is 3.64. The Hall–Kier alpha value is -2.11. The first-order chi connectivity index (χ1) is 10.4. The molecule has 22 heavy (non-hydrogen) atoms. The van der Waals surface area contributed by atoms with E-state index in [1.807, 2.05) is 24.6 Å². The summed E-state index contributed by atoms with van der Waals surface area (Å²) in [5.74, 6) is 1.10. The van der Waals surface area contributed by atoms with Crippen molar-refractivity contribution in [3.63, 3.8) is 0 Å². The van der Waals surface area contributed by atoms with Gasteiger partial charge in [-0.15, -0.1) is 0 Å². The van der Waals surface area contributed by atoms with E-state index < -0.39 is 0 Å². The fourth-order valence-corrected chi connectivity index (χ4v) is 2.55. The molecular weight excluding hydrogens is 278 g/mol. The van der Waals surface area contributed by atoms with Gasteiger partial charge in [0.15, 0.2) is 5.82 Å². The fraction of sp³-hybridized carbons (Fsp3) is 0.562. The van der Waals surface area contributed by atoms with Crippen LogP contribution in [0, 0.1) is 26.7 Å². The maximum Gasteiger partial charge on any atom is 0.225 e. The zero-order valence-electron chi connectivity index (χ0n) is 14.0. The number of amides is 1. The predicted molar refractivity (Wildman–Crippen MR) is 86.8 cm³/mol. The Labute approximate surface area is 131 Å². The van der Waals surface area contributed by atoms with E-state index in [4.69, 9.17) is 0 Å². The van der Waals surface area contributed by atoms with Crippen molar-refractivity contribution in [1.82, 2.24) is 20.0 Å². The first-order valence-corrected chi connectivity index (χ1v) is 7.71. The number of hydrogen-bond donors (Lipinski definition) is 2. The first-order valence-electron chi connectivity index (χ1n) is 7.71. The van der Waals surface area contributed by atoms with Crippen LogP contribution in [0.3, 0.4) is 0 Å². The maximum absolute atomic E-state index is 12.0. The summed E-state index contributed by atoms with van der Waals surface area (Å²) in [6.07, 6.45) is 1.13. The molecule has 0 bridgehead atoms. The number of nitrogens with zero attached hydrogens (tertiary/aromatic N) is 3. The number of carbonyl (C=O) groups is 1. The van der Waals surface area contributed by atoms with Gasteiger partial charge in [-0.1, -0.05) is 13.8 Å². The van der Waals surface area contributed by atoms with Gasteiger partial charge in [-0.2, -0.15) is 10.2 Å². The Morgan fingerprint density at radius 1 is 1.36 bits per heavy atom. The SMILES string of the molecule is Cc1cc(NC(=O)CCc2c(C)nn(CC(C)C)c2C)n[nH]1. The maximum atomic E-state index is 12.0. The van der Waals surface area contributed by atoms with Gasteiger partial charge in [0.1, 0.15) is 0 Å². The number of nitrogens with one attached hydrogen (secondary N) is 2. The van der Waals surface area contributed by atoms with Crippen LogP contribution < -0.4 is 5.32 Å². The number of H-pyrrole nitrogens is 1. The van der Waals surface area contributed by atoms with E-state index in [1.54, 1.807) is 0 Å². The van der Waals surface area contributed by atoms with Crippen LogP contribution in [-0.2, 0) is 17.8 Å². The van der Waals surface area contributed by atoms with E-state index in [9.17, 15) is 4.79 Å². The van der Waals surface area contributed by atoms with Gasteiger partial charge >= 0.3 is 0 Å². The van der Waals surface area contributed by atoms with Crippen LogP contribution in [0.5, 0.6) is 0 Å². The highest BCUT2D eigenvalue weighted by molar-refractivity contribution is 5.89. The van der Waals surface area contributed by atoms with Crippen LogP contribution in [0.25, 0.3) is 0 Å². The second-order valence-electron chi connectivity index (χ2n) is 6.21. The van der Waals surface area contributed by atoms with Gasteiger partial charge in [-0.05, 0) is 38.7 Å². The second kappa shape index (κ2) is 6.77.